The van der Waals surface area contributed by atoms with Crippen LogP contribution in [0.3, 0.4) is 0 Å². The number of esters is 1. The first-order valence-corrected chi connectivity index (χ1v) is 7.81. The molecule has 0 spiro atoms. The summed E-state index contributed by atoms with van der Waals surface area (Å²) in [6, 6.07) is 12.8. The Morgan fingerprint density at radius 2 is 2.08 bits per heavy atom. The summed E-state index contributed by atoms with van der Waals surface area (Å²) in [4.78, 5) is 22.3. The van der Waals surface area contributed by atoms with E-state index in [1.807, 2.05) is 12.1 Å². The van der Waals surface area contributed by atoms with Gasteiger partial charge in [0, 0.05) is 11.8 Å². The van der Waals surface area contributed by atoms with E-state index in [1.165, 1.54) is 30.4 Å². The number of methoxy groups -OCH3 is 1. The Bertz CT molecular complexity index is 788. The first-order valence-electron chi connectivity index (χ1n) is 7.81. The van der Waals surface area contributed by atoms with Crippen molar-refractivity contribution in [2.45, 2.75) is 25.3 Å². The Hall–Kier alpha value is -2.89. The van der Waals surface area contributed by atoms with Crippen LogP contribution in [0.4, 0.5) is 11.4 Å². The summed E-state index contributed by atoms with van der Waals surface area (Å²) >= 11 is 0. The minimum absolute atomic E-state index is 0.0448. The van der Waals surface area contributed by atoms with Gasteiger partial charge in [-0.1, -0.05) is 24.3 Å². The fourth-order valence-corrected chi connectivity index (χ4v) is 3.16. The third-order valence-electron chi connectivity index (χ3n) is 4.31. The summed E-state index contributed by atoms with van der Waals surface area (Å²) < 4.78 is 4.66. The molecular formula is C18H18N2O4. The Labute approximate surface area is 139 Å². The number of benzene rings is 2. The highest BCUT2D eigenvalue weighted by Crippen LogP contribution is 2.33. The number of rotatable bonds is 4. The van der Waals surface area contributed by atoms with Gasteiger partial charge in [-0.15, -0.1) is 0 Å². The number of nitro groups is 1. The van der Waals surface area contributed by atoms with E-state index in [0.29, 0.717) is 5.69 Å². The fourth-order valence-electron chi connectivity index (χ4n) is 3.16. The lowest BCUT2D eigenvalue weighted by Gasteiger charge is -2.27. The van der Waals surface area contributed by atoms with Crippen LogP contribution in [0, 0.1) is 10.1 Å². The van der Waals surface area contributed by atoms with Crippen molar-refractivity contribution in [3.63, 3.8) is 0 Å². The third-order valence-corrected chi connectivity index (χ3v) is 4.31. The number of nitrogens with one attached hydrogen (secondary N) is 1. The molecule has 6 nitrogen and oxygen atoms in total. The van der Waals surface area contributed by atoms with Crippen molar-refractivity contribution >= 4 is 17.3 Å². The van der Waals surface area contributed by atoms with Crippen LogP contribution in [0.25, 0.3) is 0 Å². The van der Waals surface area contributed by atoms with E-state index in [-0.39, 0.29) is 17.3 Å². The number of hydrogen-bond acceptors (Lipinski definition) is 5. The molecule has 0 fully saturated rings. The molecule has 1 aliphatic carbocycles. The van der Waals surface area contributed by atoms with Crippen LogP contribution in [-0.4, -0.2) is 18.0 Å². The molecule has 1 atom stereocenters. The Morgan fingerprint density at radius 1 is 1.29 bits per heavy atom. The maximum atomic E-state index is 11.8. The number of ether oxygens (including phenoxy) is 1. The molecule has 24 heavy (non-hydrogen) atoms. The Balaban J connectivity index is 1.91. The zero-order chi connectivity index (χ0) is 17.1. The summed E-state index contributed by atoms with van der Waals surface area (Å²) in [7, 11) is 1.21. The molecule has 1 unspecified atom stereocenters. The van der Waals surface area contributed by atoms with Crippen LogP contribution in [0.15, 0.2) is 42.5 Å². The second kappa shape index (κ2) is 6.70. The number of hydrogen-bond donors (Lipinski definition) is 1. The third kappa shape index (κ3) is 3.08. The second-order valence-corrected chi connectivity index (χ2v) is 5.77. The van der Waals surface area contributed by atoms with Gasteiger partial charge in [-0.05, 0) is 42.5 Å². The lowest BCUT2D eigenvalue weighted by atomic mass is 9.87. The minimum Gasteiger partial charge on any atom is -0.465 e. The first-order chi connectivity index (χ1) is 11.6. The van der Waals surface area contributed by atoms with E-state index in [0.717, 1.165) is 19.3 Å². The number of carbonyl (C=O) groups is 1. The molecule has 0 amide bonds. The lowest BCUT2D eigenvalue weighted by molar-refractivity contribution is -0.385. The molecule has 0 saturated carbocycles. The summed E-state index contributed by atoms with van der Waals surface area (Å²) in [5.74, 6) is -0.714. The van der Waals surface area contributed by atoms with Crippen molar-refractivity contribution in [2.24, 2.45) is 0 Å². The number of carbonyl (C=O) groups excluding carboxylic acids is 1. The zero-order valence-electron chi connectivity index (χ0n) is 13.3. The van der Waals surface area contributed by atoms with E-state index < -0.39 is 10.9 Å². The van der Waals surface area contributed by atoms with Gasteiger partial charge in [-0.2, -0.15) is 0 Å². The van der Waals surface area contributed by atoms with Crippen LogP contribution < -0.4 is 5.32 Å². The monoisotopic (exact) mass is 326 g/mol. The molecule has 3 rings (SSSR count). The highest BCUT2D eigenvalue weighted by Gasteiger charge is 2.23. The SMILES string of the molecule is COC(=O)c1cc(NC2CCCc3ccccc32)ccc1[N+](=O)[O-]. The highest BCUT2D eigenvalue weighted by atomic mass is 16.6. The van der Waals surface area contributed by atoms with Crippen molar-refractivity contribution in [3.8, 4) is 0 Å². The maximum Gasteiger partial charge on any atom is 0.344 e. The Morgan fingerprint density at radius 3 is 2.83 bits per heavy atom. The van der Waals surface area contributed by atoms with Crippen molar-refractivity contribution in [2.75, 3.05) is 12.4 Å². The van der Waals surface area contributed by atoms with Gasteiger partial charge in [0.2, 0.25) is 0 Å². The largest absolute Gasteiger partial charge is 0.465 e. The molecular weight excluding hydrogens is 308 g/mol. The van der Waals surface area contributed by atoms with Crippen LogP contribution >= 0.6 is 0 Å². The number of aryl methyl sites for hydroxylation is 1. The van der Waals surface area contributed by atoms with Gasteiger partial charge < -0.3 is 10.1 Å². The molecule has 0 aliphatic heterocycles. The van der Waals surface area contributed by atoms with Crippen molar-refractivity contribution in [1.82, 2.24) is 0 Å². The molecule has 0 heterocycles. The van der Waals surface area contributed by atoms with Gasteiger partial charge in [0.05, 0.1) is 18.1 Å². The summed E-state index contributed by atoms with van der Waals surface area (Å²) in [6.45, 7) is 0. The van der Waals surface area contributed by atoms with Crippen LogP contribution in [0.1, 0.15) is 40.4 Å². The number of nitro benzene ring substituents is 1. The van der Waals surface area contributed by atoms with Crippen LogP contribution in [0.5, 0.6) is 0 Å². The van der Waals surface area contributed by atoms with Gasteiger partial charge in [0.15, 0.2) is 0 Å². The fraction of sp³-hybridized carbons (Fsp3) is 0.278. The Kier molecular flexibility index (Phi) is 4.46. The van der Waals surface area contributed by atoms with Crippen molar-refractivity contribution in [3.05, 3.63) is 69.3 Å². The zero-order valence-corrected chi connectivity index (χ0v) is 13.3. The lowest BCUT2D eigenvalue weighted by Crippen LogP contribution is -2.17. The molecule has 2 aromatic rings. The quantitative estimate of drug-likeness (QED) is 0.524. The van der Waals surface area contributed by atoms with Gasteiger partial charge in [-0.3, -0.25) is 10.1 Å². The standard InChI is InChI=1S/C18H18N2O4/c1-24-18(21)15-11-13(9-10-17(15)20(22)23)19-16-8-4-6-12-5-2-3-7-14(12)16/h2-3,5,7,9-11,16,19H,4,6,8H2,1H3. The van der Waals surface area contributed by atoms with E-state index in [1.54, 1.807) is 6.07 Å². The summed E-state index contributed by atoms with van der Waals surface area (Å²) in [5.41, 5.74) is 2.92. The number of nitrogens with zero attached hydrogens (tertiary/aromatic N) is 1. The van der Waals surface area contributed by atoms with Gasteiger partial charge >= 0.3 is 5.97 Å². The van der Waals surface area contributed by atoms with E-state index in [2.05, 4.69) is 22.2 Å². The summed E-state index contributed by atoms with van der Waals surface area (Å²) in [6.07, 6.45) is 3.11. The van der Waals surface area contributed by atoms with Crippen LogP contribution in [-0.2, 0) is 11.2 Å². The second-order valence-electron chi connectivity index (χ2n) is 5.77. The number of anilines is 1. The molecule has 0 bridgehead atoms. The molecule has 1 N–H and O–H groups in total. The summed E-state index contributed by atoms with van der Waals surface area (Å²) in [5, 5.41) is 14.5. The maximum absolute atomic E-state index is 11.8. The van der Waals surface area contributed by atoms with Crippen molar-refractivity contribution in [1.29, 1.82) is 0 Å². The van der Waals surface area contributed by atoms with Crippen molar-refractivity contribution < 1.29 is 14.5 Å². The van der Waals surface area contributed by atoms with Gasteiger partial charge in [0.1, 0.15) is 5.56 Å². The first kappa shape index (κ1) is 16.0. The number of fused-ring (bicyclic) bond motifs is 1. The minimum atomic E-state index is -0.714. The molecule has 124 valence electrons. The van der Waals surface area contributed by atoms with Gasteiger partial charge in [-0.25, -0.2) is 4.79 Å². The smallest absolute Gasteiger partial charge is 0.344 e. The molecule has 0 aromatic heterocycles. The predicted octanol–water partition coefficient (Wildman–Crippen LogP) is 3.87. The highest BCUT2D eigenvalue weighted by molar-refractivity contribution is 5.95. The molecule has 1 aliphatic rings. The van der Waals surface area contributed by atoms with Crippen LogP contribution in [0.2, 0.25) is 0 Å². The molecule has 2 aromatic carbocycles. The van der Waals surface area contributed by atoms with Gasteiger partial charge in [0.25, 0.3) is 5.69 Å². The molecule has 0 saturated heterocycles. The topological polar surface area (TPSA) is 81.5 Å². The van der Waals surface area contributed by atoms with E-state index in [4.69, 9.17) is 0 Å². The molecule has 6 heteroatoms. The van der Waals surface area contributed by atoms with E-state index in [9.17, 15) is 14.9 Å². The average molecular weight is 326 g/mol. The normalized spacial score (nSPS) is 16.1. The predicted molar refractivity (Wildman–Crippen MR) is 90.2 cm³/mol. The average Bonchev–Trinajstić information content (AvgIpc) is 2.61. The van der Waals surface area contributed by atoms with E-state index >= 15 is 0 Å². The molecule has 0 radical (unpaired) electrons.